The smallest absolute Gasteiger partial charge is 0.292 e. The van der Waals surface area contributed by atoms with Crippen molar-refractivity contribution in [2.45, 2.75) is 12.2 Å². The van der Waals surface area contributed by atoms with Gasteiger partial charge in [-0.1, -0.05) is 18.2 Å². The van der Waals surface area contributed by atoms with Crippen molar-refractivity contribution < 1.29 is 14.6 Å². The molecular weight excluding hydrogens is 246 g/mol. The molecule has 2 atom stereocenters. The Kier molecular flexibility index (Phi) is 2.72. The van der Waals surface area contributed by atoms with E-state index in [4.69, 9.17) is 4.74 Å². The molecular formula is C13H13N3O3. The van der Waals surface area contributed by atoms with Crippen molar-refractivity contribution in [2.24, 2.45) is 4.99 Å². The third-order valence-corrected chi connectivity index (χ3v) is 3.16. The Hall–Kier alpha value is -2.34. The van der Waals surface area contributed by atoms with Crippen LogP contribution in [0.2, 0.25) is 0 Å². The highest BCUT2D eigenvalue weighted by atomic mass is 16.5. The maximum Gasteiger partial charge on any atom is 0.292 e. The number of aliphatic imine (C=N–C) groups is 1. The SMILES string of the molecule is CN=C1NC(=O)[C@H]([C@H](O)c2c[nH]c3ccccc23)O1. The van der Waals surface area contributed by atoms with Crippen LogP contribution in [0.3, 0.4) is 0 Å². The highest BCUT2D eigenvalue weighted by Crippen LogP contribution is 2.28. The molecule has 0 bridgehead atoms. The average molecular weight is 259 g/mol. The van der Waals surface area contributed by atoms with Crippen LogP contribution in [-0.2, 0) is 9.53 Å². The number of amides is 1. The van der Waals surface area contributed by atoms with Crippen LogP contribution in [0.25, 0.3) is 10.9 Å². The van der Waals surface area contributed by atoms with Crippen LogP contribution in [0.1, 0.15) is 11.7 Å². The highest BCUT2D eigenvalue weighted by molar-refractivity contribution is 6.02. The first-order chi connectivity index (χ1) is 9.20. The number of H-pyrrole nitrogens is 1. The Morgan fingerprint density at radius 1 is 1.42 bits per heavy atom. The zero-order chi connectivity index (χ0) is 13.4. The molecule has 1 aromatic carbocycles. The predicted molar refractivity (Wildman–Crippen MR) is 69.6 cm³/mol. The van der Waals surface area contributed by atoms with Gasteiger partial charge in [-0.15, -0.1) is 0 Å². The summed E-state index contributed by atoms with van der Waals surface area (Å²) in [6.45, 7) is 0. The lowest BCUT2D eigenvalue weighted by Gasteiger charge is -2.14. The van der Waals surface area contributed by atoms with Gasteiger partial charge in [0.05, 0.1) is 0 Å². The number of fused-ring (bicyclic) bond motifs is 1. The number of hydrogen-bond acceptors (Lipinski definition) is 4. The normalized spacial score (nSPS) is 22.5. The Bertz CT molecular complexity index is 662. The Morgan fingerprint density at radius 3 is 2.95 bits per heavy atom. The van der Waals surface area contributed by atoms with Gasteiger partial charge >= 0.3 is 0 Å². The monoisotopic (exact) mass is 259 g/mol. The number of aromatic nitrogens is 1. The van der Waals surface area contributed by atoms with E-state index in [0.29, 0.717) is 5.56 Å². The fourth-order valence-corrected chi connectivity index (χ4v) is 2.20. The molecule has 1 amide bonds. The largest absolute Gasteiger partial charge is 0.448 e. The number of carbonyl (C=O) groups is 1. The zero-order valence-electron chi connectivity index (χ0n) is 10.3. The van der Waals surface area contributed by atoms with Gasteiger partial charge in [0.25, 0.3) is 11.9 Å². The van der Waals surface area contributed by atoms with E-state index < -0.39 is 18.1 Å². The number of rotatable bonds is 2. The molecule has 0 unspecified atom stereocenters. The molecule has 0 saturated carbocycles. The van der Waals surface area contributed by atoms with Crippen molar-refractivity contribution in [1.82, 2.24) is 10.3 Å². The molecule has 0 radical (unpaired) electrons. The van der Waals surface area contributed by atoms with E-state index in [1.807, 2.05) is 24.3 Å². The summed E-state index contributed by atoms with van der Waals surface area (Å²) < 4.78 is 5.28. The van der Waals surface area contributed by atoms with Gasteiger partial charge < -0.3 is 14.8 Å². The van der Waals surface area contributed by atoms with Crippen molar-refractivity contribution >= 4 is 22.8 Å². The fraction of sp³-hybridized carbons (Fsp3) is 0.231. The minimum absolute atomic E-state index is 0.133. The van der Waals surface area contributed by atoms with Crippen molar-refractivity contribution in [3.8, 4) is 0 Å². The van der Waals surface area contributed by atoms with Gasteiger partial charge in [-0.3, -0.25) is 10.1 Å². The van der Waals surface area contributed by atoms with Crippen molar-refractivity contribution in [3.05, 3.63) is 36.0 Å². The van der Waals surface area contributed by atoms with Gasteiger partial charge in [-0.2, -0.15) is 0 Å². The molecule has 3 rings (SSSR count). The van der Waals surface area contributed by atoms with Gasteiger partial charge in [0, 0.05) is 29.7 Å². The predicted octanol–water partition coefficient (Wildman–Crippen LogP) is 0.702. The number of aliphatic hydroxyl groups is 1. The van der Waals surface area contributed by atoms with Crippen LogP contribution in [0.4, 0.5) is 0 Å². The Balaban J connectivity index is 1.96. The molecule has 6 heteroatoms. The number of aromatic amines is 1. The van der Waals surface area contributed by atoms with Crippen LogP contribution in [0, 0.1) is 0 Å². The maximum absolute atomic E-state index is 11.7. The topological polar surface area (TPSA) is 86.7 Å². The fourth-order valence-electron chi connectivity index (χ4n) is 2.20. The van der Waals surface area contributed by atoms with Gasteiger partial charge in [0.1, 0.15) is 6.10 Å². The van der Waals surface area contributed by atoms with Crippen LogP contribution >= 0.6 is 0 Å². The maximum atomic E-state index is 11.7. The summed E-state index contributed by atoms with van der Waals surface area (Å²) in [6, 6.07) is 7.69. The van der Waals surface area contributed by atoms with E-state index in [1.54, 1.807) is 6.20 Å². The van der Waals surface area contributed by atoms with Crippen LogP contribution in [0.5, 0.6) is 0 Å². The first-order valence-corrected chi connectivity index (χ1v) is 5.89. The summed E-state index contributed by atoms with van der Waals surface area (Å²) in [7, 11) is 1.51. The number of aliphatic hydroxyl groups excluding tert-OH is 1. The lowest BCUT2D eigenvalue weighted by Crippen LogP contribution is -2.29. The summed E-state index contributed by atoms with van der Waals surface area (Å²) in [6.07, 6.45) is -0.333. The van der Waals surface area contributed by atoms with Crippen LogP contribution in [0.15, 0.2) is 35.5 Å². The van der Waals surface area contributed by atoms with E-state index >= 15 is 0 Å². The van der Waals surface area contributed by atoms with Gasteiger partial charge in [-0.25, -0.2) is 4.99 Å². The number of nitrogens with one attached hydrogen (secondary N) is 2. The van der Waals surface area contributed by atoms with Crippen LogP contribution in [-0.4, -0.2) is 35.2 Å². The zero-order valence-corrected chi connectivity index (χ0v) is 10.3. The molecule has 1 saturated heterocycles. The number of nitrogens with zero attached hydrogens (tertiary/aromatic N) is 1. The number of amidine groups is 1. The molecule has 1 aromatic heterocycles. The van der Waals surface area contributed by atoms with Gasteiger partial charge in [-0.05, 0) is 6.07 Å². The van der Waals surface area contributed by atoms with E-state index in [9.17, 15) is 9.90 Å². The lowest BCUT2D eigenvalue weighted by atomic mass is 10.0. The standard InChI is InChI=1S/C13H13N3O3/c1-14-13-16-12(18)11(19-13)10(17)8-6-15-9-5-3-2-4-7(8)9/h2-6,10-11,15,17H,1H3,(H,14,16,18)/t10-,11+/m1/s1. The molecule has 0 spiro atoms. The quantitative estimate of drug-likeness (QED) is 0.742. The molecule has 0 aliphatic carbocycles. The number of carbonyl (C=O) groups excluding carboxylic acids is 1. The number of para-hydroxylation sites is 1. The summed E-state index contributed by atoms with van der Waals surface area (Å²) >= 11 is 0. The molecule has 19 heavy (non-hydrogen) atoms. The third-order valence-electron chi connectivity index (χ3n) is 3.16. The van der Waals surface area contributed by atoms with Crippen molar-refractivity contribution in [3.63, 3.8) is 0 Å². The second kappa shape index (κ2) is 4.40. The minimum atomic E-state index is -1.05. The van der Waals surface area contributed by atoms with Crippen molar-refractivity contribution in [1.29, 1.82) is 0 Å². The summed E-state index contributed by atoms with van der Waals surface area (Å²) in [5, 5.41) is 13.7. The number of ether oxygens (including phenoxy) is 1. The summed E-state index contributed by atoms with van der Waals surface area (Å²) in [4.78, 5) is 18.5. The molecule has 2 heterocycles. The molecule has 6 nitrogen and oxygen atoms in total. The second-order valence-corrected chi connectivity index (χ2v) is 4.29. The van der Waals surface area contributed by atoms with Crippen LogP contribution < -0.4 is 5.32 Å². The first kappa shape index (κ1) is 11.7. The molecule has 1 fully saturated rings. The molecule has 1 aliphatic heterocycles. The molecule has 2 aromatic rings. The first-order valence-electron chi connectivity index (χ1n) is 5.89. The second-order valence-electron chi connectivity index (χ2n) is 4.29. The lowest BCUT2D eigenvalue weighted by molar-refractivity contribution is -0.127. The minimum Gasteiger partial charge on any atom is -0.448 e. The summed E-state index contributed by atoms with van der Waals surface area (Å²) in [5.74, 6) is -0.390. The van der Waals surface area contributed by atoms with Gasteiger partial charge in [0.2, 0.25) is 6.10 Å². The molecule has 1 aliphatic rings. The van der Waals surface area contributed by atoms with Crippen molar-refractivity contribution in [2.75, 3.05) is 7.05 Å². The highest BCUT2D eigenvalue weighted by Gasteiger charge is 2.38. The Labute approximate surface area is 109 Å². The molecule has 3 N–H and O–H groups in total. The summed E-state index contributed by atoms with van der Waals surface area (Å²) in [5.41, 5.74) is 1.53. The Morgan fingerprint density at radius 2 is 2.21 bits per heavy atom. The van der Waals surface area contributed by atoms with E-state index in [0.717, 1.165) is 10.9 Å². The average Bonchev–Trinajstić information content (AvgIpc) is 3.01. The molecule has 98 valence electrons. The number of benzene rings is 1. The van der Waals surface area contributed by atoms with Gasteiger partial charge in [0.15, 0.2) is 0 Å². The van der Waals surface area contributed by atoms with E-state index in [-0.39, 0.29) is 6.02 Å². The van der Waals surface area contributed by atoms with E-state index in [1.165, 1.54) is 7.05 Å². The number of hydrogen-bond donors (Lipinski definition) is 3. The van der Waals surface area contributed by atoms with E-state index in [2.05, 4.69) is 15.3 Å². The third kappa shape index (κ3) is 1.86.